The van der Waals surface area contributed by atoms with E-state index in [1.807, 2.05) is 0 Å². The first-order valence-electron chi connectivity index (χ1n) is 3.40. The van der Waals surface area contributed by atoms with E-state index in [9.17, 15) is 4.79 Å². The number of rotatable bonds is 4. The van der Waals surface area contributed by atoms with Crippen molar-refractivity contribution in [2.75, 3.05) is 19.8 Å². The predicted octanol–water partition coefficient (Wildman–Crippen LogP) is -0.914. The summed E-state index contributed by atoms with van der Waals surface area (Å²) in [6, 6.07) is 0. The van der Waals surface area contributed by atoms with E-state index in [2.05, 4.69) is 10.1 Å². The zero-order valence-corrected chi connectivity index (χ0v) is 6.41. The van der Waals surface area contributed by atoms with Crippen LogP contribution in [-0.2, 0) is 4.74 Å². The molecule has 0 spiro atoms. The van der Waals surface area contributed by atoms with Crippen molar-refractivity contribution >= 4 is 6.09 Å². The van der Waals surface area contributed by atoms with Gasteiger partial charge in [0.05, 0.1) is 6.61 Å². The Hall–Kier alpha value is -0.810. The van der Waals surface area contributed by atoms with Gasteiger partial charge in [-0.15, -0.1) is 0 Å². The molecule has 0 aliphatic heterocycles. The molecule has 0 bridgehead atoms. The molecule has 0 rings (SSSR count). The van der Waals surface area contributed by atoms with Gasteiger partial charge in [-0.05, 0) is 6.92 Å². The van der Waals surface area contributed by atoms with E-state index in [0.717, 1.165) is 0 Å². The molecule has 66 valence electrons. The van der Waals surface area contributed by atoms with Crippen molar-refractivity contribution in [2.24, 2.45) is 0 Å². The van der Waals surface area contributed by atoms with Crippen molar-refractivity contribution in [3.05, 3.63) is 0 Å². The fourth-order valence-corrected chi connectivity index (χ4v) is 0.420. The van der Waals surface area contributed by atoms with Gasteiger partial charge in [0, 0.05) is 6.54 Å². The number of aliphatic hydroxyl groups is 2. The Morgan fingerprint density at radius 1 is 1.73 bits per heavy atom. The number of alkyl carbamates (subject to hydrolysis) is 1. The minimum absolute atomic E-state index is 0.178. The maximum Gasteiger partial charge on any atom is 0.407 e. The molecular weight excluding hydrogens is 150 g/mol. The molecule has 0 heterocycles. The number of nitrogens with one attached hydrogen (secondary N) is 1. The van der Waals surface area contributed by atoms with Crippen LogP contribution in [0.15, 0.2) is 0 Å². The third kappa shape index (κ3) is 5.63. The third-order valence-corrected chi connectivity index (χ3v) is 0.939. The monoisotopic (exact) mass is 163 g/mol. The van der Waals surface area contributed by atoms with Crippen molar-refractivity contribution < 1.29 is 19.7 Å². The third-order valence-electron chi connectivity index (χ3n) is 0.939. The van der Waals surface area contributed by atoms with Crippen molar-refractivity contribution in [3.8, 4) is 0 Å². The highest BCUT2D eigenvalue weighted by atomic mass is 16.6. The van der Waals surface area contributed by atoms with Gasteiger partial charge in [0.2, 0.25) is 0 Å². The number of carbonyl (C=O) groups is 1. The first-order valence-corrected chi connectivity index (χ1v) is 3.40. The Labute approximate surface area is 65.0 Å². The van der Waals surface area contributed by atoms with Crippen LogP contribution in [-0.4, -0.2) is 42.2 Å². The van der Waals surface area contributed by atoms with Crippen LogP contribution in [0.1, 0.15) is 6.92 Å². The zero-order valence-electron chi connectivity index (χ0n) is 6.41. The van der Waals surface area contributed by atoms with Crippen molar-refractivity contribution in [3.63, 3.8) is 0 Å². The number of amides is 1. The van der Waals surface area contributed by atoms with Crippen LogP contribution in [0.2, 0.25) is 0 Å². The summed E-state index contributed by atoms with van der Waals surface area (Å²) in [5.74, 6) is 0. The van der Waals surface area contributed by atoms with Crippen LogP contribution in [0.3, 0.4) is 0 Å². The van der Waals surface area contributed by atoms with E-state index in [4.69, 9.17) is 10.2 Å². The largest absolute Gasteiger partial charge is 0.447 e. The maximum absolute atomic E-state index is 10.5. The molecular formula is C6H13NO4. The Balaban J connectivity index is 3.30. The average molecular weight is 163 g/mol. The van der Waals surface area contributed by atoms with Gasteiger partial charge < -0.3 is 20.3 Å². The lowest BCUT2D eigenvalue weighted by Crippen LogP contribution is -2.28. The Morgan fingerprint density at radius 2 is 2.36 bits per heavy atom. The van der Waals surface area contributed by atoms with Gasteiger partial charge in [-0.3, -0.25) is 0 Å². The molecule has 0 aromatic carbocycles. The van der Waals surface area contributed by atoms with Gasteiger partial charge >= 0.3 is 6.09 Å². The summed E-state index contributed by atoms with van der Waals surface area (Å²) in [6.07, 6.45) is -1.57. The number of ether oxygens (including phenoxy) is 1. The first kappa shape index (κ1) is 10.2. The van der Waals surface area contributed by atoms with Crippen molar-refractivity contribution in [1.29, 1.82) is 0 Å². The minimum atomic E-state index is -0.988. The molecule has 3 N–H and O–H groups in total. The molecule has 0 fully saturated rings. The quantitative estimate of drug-likeness (QED) is 0.501. The molecule has 5 nitrogen and oxygen atoms in total. The van der Waals surface area contributed by atoms with E-state index >= 15 is 0 Å². The summed E-state index contributed by atoms with van der Waals surface area (Å²) in [5, 5.41) is 19.4. The maximum atomic E-state index is 10.5. The lowest BCUT2D eigenvalue weighted by Gasteiger charge is -2.07. The number of carbonyl (C=O) groups excluding carboxylic acids is 1. The zero-order chi connectivity index (χ0) is 8.69. The van der Waals surface area contributed by atoms with Crippen molar-refractivity contribution in [2.45, 2.75) is 13.0 Å². The second kappa shape index (κ2) is 5.94. The highest BCUT2D eigenvalue weighted by molar-refractivity contribution is 5.66. The summed E-state index contributed by atoms with van der Waals surface area (Å²) in [6.45, 7) is 1.65. The van der Waals surface area contributed by atoms with E-state index < -0.39 is 18.8 Å². The average Bonchev–Trinajstić information content (AvgIpc) is 2.01. The fraction of sp³-hybridized carbons (Fsp3) is 0.833. The molecule has 0 saturated heterocycles. The van der Waals surface area contributed by atoms with Gasteiger partial charge in [-0.25, -0.2) is 4.79 Å². The number of hydrogen-bond donors (Lipinski definition) is 3. The lowest BCUT2D eigenvalue weighted by molar-refractivity contribution is 0.0323. The molecule has 0 aromatic rings. The Bertz CT molecular complexity index is 117. The molecule has 0 aliphatic carbocycles. The second-order valence-electron chi connectivity index (χ2n) is 1.97. The van der Waals surface area contributed by atoms with Crippen LogP contribution in [0.4, 0.5) is 4.79 Å². The standard InChI is InChI=1S/C6H13NO4/c1-2-7-6(10)11-4-5(9)3-8/h5,8-9H,2-4H2,1H3,(H,7,10). The lowest BCUT2D eigenvalue weighted by atomic mass is 10.4. The summed E-state index contributed by atoms with van der Waals surface area (Å²) in [5.41, 5.74) is 0. The molecule has 5 heteroatoms. The number of aliphatic hydroxyl groups excluding tert-OH is 2. The minimum Gasteiger partial charge on any atom is -0.447 e. The fourth-order valence-electron chi connectivity index (χ4n) is 0.420. The molecule has 0 aliphatic rings. The molecule has 1 unspecified atom stereocenters. The van der Waals surface area contributed by atoms with Gasteiger partial charge in [0.15, 0.2) is 0 Å². The van der Waals surface area contributed by atoms with Gasteiger partial charge in [-0.1, -0.05) is 0 Å². The van der Waals surface area contributed by atoms with Crippen LogP contribution in [0, 0.1) is 0 Å². The van der Waals surface area contributed by atoms with Gasteiger partial charge in [-0.2, -0.15) is 0 Å². The van der Waals surface area contributed by atoms with Gasteiger partial charge in [0.25, 0.3) is 0 Å². The molecule has 0 saturated carbocycles. The van der Waals surface area contributed by atoms with Crippen molar-refractivity contribution in [1.82, 2.24) is 5.32 Å². The Morgan fingerprint density at radius 3 is 2.82 bits per heavy atom. The predicted molar refractivity (Wildman–Crippen MR) is 38.1 cm³/mol. The Kier molecular flexibility index (Phi) is 5.50. The highest BCUT2D eigenvalue weighted by Gasteiger charge is 2.05. The highest BCUT2D eigenvalue weighted by Crippen LogP contribution is 1.83. The summed E-state index contributed by atoms with van der Waals surface area (Å²) >= 11 is 0. The van der Waals surface area contributed by atoms with Gasteiger partial charge in [0.1, 0.15) is 12.7 Å². The van der Waals surface area contributed by atoms with E-state index in [1.165, 1.54) is 0 Å². The first-order chi connectivity index (χ1) is 5.20. The SMILES string of the molecule is CCNC(=O)OCC(O)CO. The van der Waals surface area contributed by atoms with Crippen LogP contribution in [0.5, 0.6) is 0 Å². The summed E-state index contributed by atoms with van der Waals surface area (Å²) < 4.78 is 4.48. The van der Waals surface area contributed by atoms with E-state index in [1.54, 1.807) is 6.92 Å². The molecule has 1 atom stereocenters. The summed E-state index contributed by atoms with van der Waals surface area (Å²) in [4.78, 5) is 10.5. The van der Waals surface area contributed by atoms with Crippen LogP contribution >= 0.6 is 0 Å². The topological polar surface area (TPSA) is 78.8 Å². The normalized spacial score (nSPS) is 12.3. The molecule has 0 aromatic heterocycles. The second-order valence-corrected chi connectivity index (χ2v) is 1.97. The summed E-state index contributed by atoms with van der Waals surface area (Å²) in [7, 11) is 0. The molecule has 0 radical (unpaired) electrons. The van der Waals surface area contributed by atoms with E-state index in [-0.39, 0.29) is 6.61 Å². The number of hydrogen-bond acceptors (Lipinski definition) is 4. The smallest absolute Gasteiger partial charge is 0.407 e. The van der Waals surface area contributed by atoms with Crippen LogP contribution in [0.25, 0.3) is 0 Å². The molecule has 11 heavy (non-hydrogen) atoms. The van der Waals surface area contributed by atoms with E-state index in [0.29, 0.717) is 6.54 Å². The molecule has 1 amide bonds. The van der Waals surface area contributed by atoms with Crippen LogP contribution < -0.4 is 5.32 Å².